The quantitative estimate of drug-likeness (QED) is 0.272. The molecule has 5 nitrogen and oxygen atoms in total. The van der Waals surface area contributed by atoms with Gasteiger partial charge in [0.2, 0.25) is 11.8 Å². The molecule has 3 rings (SSSR count). The maximum absolute atomic E-state index is 12.8. The summed E-state index contributed by atoms with van der Waals surface area (Å²) in [6.45, 7) is 2.42. The summed E-state index contributed by atoms with van der Waals surface area (Å²) in [6.07, 6.45) is 3.07. The van der Waals surface area contributed by atoms with Crippen molar-refractivity contribution < 1.29 is 19.1 Å². The average molecular weight is 487 g/mol. The SMILES string of the molecule is CCCCOC(=O)c1ccc(N2C(=O)[C@@H]3C[C@@H](Br)[C@@H](Br)C[C@H]3C2=O)cc1. The molecule has 0 spiro atoms. The van der Waals surface area contributed by atoms with Crippen molar-refractivity contribution in [2.24, 2.45) is 11.8 Å². The van der Waals surface area contributed by atoms with Crippen molar-refractivity contribution in [3.63, 3.8) is 0 Å². The molecule has 2 amide bonds. The van der Waals surface area contributed by atoms with E-state index in [0.29, 0.717) is 30.7 Å². The first-order chi connectivity index (χ1) is 12.4. The summed E-state index contributed by atoms with van der Waals surface area (Å²) in [7, 11) is 0. The molecule has 4 atom stereocenters. The van der Waals surface area contributed by atoms with Gasteiger partial charge in [0, 0.05) is 9.65 Å². The molecule has 1 aliphatic heterocycles. The van der Waals surface area contributed by atoms with E-state index in [1.807, 2.05) is 6.92 Å². The molecule has 0 N–H and O–H groups in total. The van der Waals surface area contributed by atoms with Gasteiger partial charge in [0.25, 0.3) is 0 Å². The van der Waals surface area contributed by atoms with Gasteiger partial charge in [-0.2, -0.15) is 0 Å². The second-order valence-electron chi connectivity index (χ2n) is 6.76. The smallest absolute Gasteiger partial charge is 0.338 e. The molecule has 1 aliphatic carbocycles. The maximum Gasteiger partial charge on any atom is 0.338 e. The van der Waals surface area contributed by atoms with Crippen LogP contribution in [-0.4, -0.2) is 34.0 Å². The van der Waals surface area contributed by atoms with Gasteiger partial charge in [-0.1, -0.05) is 45.2 Å². The van der Waals surface area contributed by atoms with Crippen molar-refractivity contribution >= 4 is 55.3 Å². The molecule has 0 unspecified atom stereocenters. The summed E-state index contributed by atoms with van der Waals surface area (Å²) >= 11 is 7.17. The van der Waals surface area contributed by atoms with Gasteiger partial charge in [0.15, 0.2) is 0 Å². The fourth-order valence-electron chi connectivity index (χ4n) is 3.49. The monoisotopic (exact) mass is 485 g/mol. The van der Waals surface area contributed by atoms with Crippen LogP contribution in [0.4, 0.5) is 5.69 Å². The number of esters is 1. The maximum atomic E-state index is 12.8. The number of alkyl halides is 2. The number of nitrogens with zero attached hydrogens (tertiary/aromatic N) is 1. The number of anilines is 1. The number of unbranched alkanes of at least 4 members (excludes halogenated alkanes) is 1. The first kappa shape index (κ1) is 19.5. The van der Waals surface area contributed by atoms with Crippen LogP contribution in [0, 0.1) is 11.8 Å². The highest BCUT2D eigenvalue weighted by molar-refractivity contribution is 9.12. The van der Waals surface area contributed by atoms with Crippen molar-refractivity contribution in [1.82, 2.24) is 0 Å². The molecule has 1 aromatic carbocycles. The molecule has 7 heteroatoms. The first-order valence-corrected chi connectivity index (χ1v) is 10.7. The van der Waals surface area contributed by atoms with Crippen molar-refractivity contribution in [3.8, 4) is 0 Å². The molecule has 140 valence electrons. The third-order valence-corrected chi connectivity index (χ3v) is 7.74. The highest BCUT2D eigenvalue weighted by Gasteiger charge is 2.52. The van der Waals surface area contributed by atoms with E-state index in [9.17, 15) is 14.4 Å². The lowest BCUT2D eigenvalue weighted by Gasteiger charge is -2.29. The van der Waals surface area contributed by atoms with Crippen LogP contribution in [0.25, 0.3) is 0 Å². The molecule has 2 aliphatic rings. The van der Waals surface area contributed by atoms with Gasteiger partial charge in [-0.05, 0) is 43.5 Å². The van der Waals surface area contributed by atoms with Crippen LogP contribution in [0.15, 0.2) is 24.3 Å². The van der Waals surface area contributed by atoms with E-state index in [-0.39, 0.29) is 39.3 Å². The number of carbonyl (C=O) groups is 3. The minimum absolute atomic E-state index is 0.151. The summed E-state index contributed by atoms with van der Waals surface area (Å²) in [5.41, 5.74) is 0.930. The normalized spacial score (nSPS) is 28.2. The Morgan fingerprint density at radius 1 is 1.08 bits per heavy atom. The number of amides is 2. The van der Waals surface area contributed by atoms with E-state index >= 15 is 0 Å². The van der Waals surface area contributed by atoms with Gasteiger partial charge in [0.1, 0.15) is 0 Å². The molecular formula is C19H21Br2NO4. The highest BCUT2D eigenvalue weighted by atomic mass is 79.9. The van der Waals surface area contributed by atoms with Crippen molar-refractivity contribution in [3.05, 3.63) is 29.8 Å². The van der Waals surface area contributed by atoms with Gasteiger partial charge in [-0.25, -0.2) is 4.79 Å². The van der Waals surface area contributed by atoms with Crippen LogP contribution in [0.3, 0.4) is 0 Å². The van der Waals surface area contributed by atoms with Gasteiger partial charge in [-0.15, -0.1) is 0 Å². The number of benzene rings is 1. The number of imide groups is 1. The zero-order valence-electron chi connectivity index (χ0n) is 14.5. The zero-order chi connectivity index (χ0) is 18.8. The van der Waals surface area contributed by atoms with Gasteiger partial charge in [-0.3, -0.25) is 14.5 Å². The van der Waals surface area contributed by atoms with Crippen molar-refractivity contribution in [2.75, 3.05) is 11.5 Å². The van der Waals surface area contributed by atoms with Crippen molar-refractivity contribution in [2.45, 2.75) is 42.3 Å². The number of ether oxygens (including phenoxy) is 1. The lowest BCUT2D eigenvalue weighted by molar-refractivity contribution is -0.122. The summed E-state index contributed by atoms with van der Waals surface area (Å²) in [5.74, 6) is -1.25. The molecule has 2 fully saturated rings. The second-order valence-corrected chi connectivity index (χ2v) is 9.12. The van der Waals surface area contributed by atoms with Gasteiger partial charge >= 0.3 is 5.97 Å². The van der Waals surface area contributed by atoms with Gasteiger partial charge < -0.3 is 4.74 Å². The molecule has 0 bridgehead atoms. The molecule has 0 radical (unpaired) electrons. The van der Waals surface area contributed by atoms with Crippen LogP contribution in [0.1, 0.15) is 43.0 Å². The summed E-state index contributed by atoms with van der Waals surface area (Å²) in [4.78, 5) is 39.2. The number of hydrogen-bond acceptors (Lipinski definition) is 4. The Hall–Kier alpha value is -1.21. The molecular weight excluding hydrogens is 466 g/mol. The Bertz CT molecular complexity index is 678. The zero-order valence-corrected chi connectivity index (χ0v) is 17.7. The fourth-order valence-corrected chi connectivity index (χ4v) is 4.73. The molecule has 1 saturated heterocycles. The average Bonchev–Trinajstić information content (AvgIpc) is 2.86. The Morgan fingerprint density at radius 2 is 1.62 bits per heavy atom. The second kappa shape index (κ2) is 8.21. The van der Waals surface area contributed by atoms with Crippen LogP contribution in [0.5, 0.6) is 0 Å². The fraction of sp³-hybridized carbons (Fsp3) is 0.526. The first-order valence-electron chi connectivity index (χ1n) is 8.87. The Kier molecular flexibility index (Phi) is 6.17. The van der Waals surface area contributed by atoms with Crippen LogP contribution >= 0.6 is 31.9 Å². The number of hydrogen-bond donors (Lipinski definition) is 0. The minimum Gasteiger partial charge on any atom is -0.462 e. The Morgan fingerprint density at radius 3 is 2.12 bits per heavy atom. The molecule has 0 aromatic heterocycles. The van der Waals surface area contributed by atoms with E-state index in [4.69, 9.17) is 4.74 Å². The molecule has 1 heterocycles. The Labute approximate surface area is 169 Å². The third kappa shape index (κ3) is 3.74. The number of carbonyl (C=O) groups excluding carboxylic acids is 3. The van der Waals surface area contributed by atoms with Crippen molar-refractivity contribution in [1.29, 1.82) is 0 Å². The van der Waals surface area contributed by atoms with Crippen LogP contribution in [-0.2, 0) is 14.3 Å². The Balaban J connectivity index is 1.74. The number of halogens is 2. The van der Waals surface area contributed by atoms with Crippen LogP contribution < -0.4 is 4.90 Å². The summed E-state index contributed by atoms with van der Waals surface area (Å²) in [6, 6.07) is 6.49. The predicted molar refractivity (Wildman–Crippen MR) is 106 cm³/mol. The van der Waals surface area contributed by atoms with E-state index < -0.39 is 0 Å². The standard InChI is InChI=1S/C19H21Br2NO4/c1-2-3-8-26-19(25)11-4-6-12(7-5-11)22-17(23)13-9-15(20)16(21)10-14(13)18(22)24/h4-7,13-16H,2-3,8-10H2,1H3/t13-,14-,15-,16+/m1/s1. The largest absolute Gasteiger partial charge is 0.462 e. The summed E-state index contributed by atoms with van der Waals surface area (Å²) < 4.78 is 5.18. The molecule has 26 heavy (non-hydrogen) atoms. The topological polar surface area (TPSA) is 63.7 Å². The number of rotatable bonds is 5. The summed E-state index contributed by atoms with van der Waals surface area (Å²) in [5, 5.41) is 0. The highest BCUT2D eigenvalue weighted by Crippen LogP contribution is 2.44. The van der Waals surface area contributed by atoms with E-state index in [1.54, 1.807) is 24.3 Å². The molecule has 1 saturated carbocycles. The van der Waals surface area contributed by atoms with E-state index in [2.05, 4.69) is 31.9 Å². The minimum atomic E-state index is -0.387. The number of fused-ring (bicyclic) bond motifs is 1. The van der Waals surface area contributed by atoms with E-state index in [0.717, 1.165) is 12.8 Å². The van der Waals surface area contributed by atoms with Crippen LogP contribution in [0.2, 0.25) is 0 Å². The lowest BCUT2D eigenvalue weighted by atomic mass is 9.81. The molecule has 1 aromatic rings. The van der Waals surface area contributed by atoms with Gasteiger partial charge in [0.05, 0.1) is 29.7 Å². The van der Waals surface area contributed by atoms with E-state index in [1.165, 1.54) is 4.90 Å². The lowest BCUT2D eigenvalue weighted by Crippen LogP contribution is -2.34. The third-order valence-electron chi connectivity index (χ3n) is 5.00. The predicted octanol–water partition coefficient (Wildman–Crippen LogP) is 4.07.